The molecule has 1 N–H and O–H groups in total. The van der Waals surface area contributed by atoms with E-state index in [0.717, 1.165) is 27.8 Å². The van der Waals surface area contributed by atoms with Crippen LogP contribution in [0.25, 0.3) is 10.8 Å². The van der Waals surface area contributed by atoms with Crippen LogP contribution in [0.5, 0.6) is 5.75 Å². The van der Waals surface area contributed by atoms with Crippen LogP contribution in [0.1, 0.15) is 23.2 Å². The number of methoxy groups -OCH3 is 1. The zero-order valence-electron chi connectivity index (χ0n) is 11.5. The van der Waals surface area contributed by atoms with Crippen LogP contribution in [0, 0.1) is 6.92 Å². The zero-order valence-corrected chi connectivity index (χ0v) is 11.5. The van der Waals surface area contributed by atoms with E-state index >= 15 is 0 Å². The van der Waals surface area contributed by atoms with Crippen LogP contribution >= 0.6 is 0 Å². The van der Waals surface area contributed by atoms with Crippen molar-refractivity contribution in [3.05, 3.63) is 65.6 Å². The van der Waals surface area contributed by atoms with Gasteiger partial charge in [-0.15, -0.1) is 0 Å². The summed E-state index contributed by atoms with van der Waals surface area (Å²) in [5.41, 5.74) is 0.816. The molecular formula is C17H16O3. The van der Waals surface area contributed by atoms with Crippen molar-refractivity contribution < 1.29 is 14.3 Å². The summed E-state index contributed by atoms with van der Waals surface area (Å²) in [5.74, 6) is 2.14. The molecule has 3 rings (SSSR count). The second kappa shape index (κ2) is 5.02. The predicted molar refractivity (Wildman–Crippen MR) is 78.0 cm³/mol. The lowest BCUT2D eigenvalue weighted by molar-refractivity contribution is 0.189. The lowest BCUT2D eigenvalue weighted by Gasteiger charge is -2.14. The van der Waals surface area contributed by atoms with Gasteiger partial charge in [0.05, 0.1) is 7.11 Å². The molecule has 102 valence electrons. The van der Waals surface area contributed by atoms with E-state index in [-0.39, 0.29) is 0 Å². The van der Waals surface area contributed by atoms with Crippen molar-refractivity contribution in [3.63, 3.8) is 0 Å². The van der Waals surface area contributed by atoms with Gasteiger partial charge in [0.15, 0.2) is 0 Å². The Morgan fingerprint density at radius 1 is 1.00 bits per heavy atom. The fourth-order valence-electron chi connectivity index (χ4n) is 2.46. The van der Waals surface area contributed by atoms with Crippen LogP contribution in [0.15, 0.2) is 52.9 Å². The summed E-state index contributed by atoms with van der Waals surface area (Å²) in [5, 5.41) is 12.5. The van der Waals surface area contributed by atoms with E-state index in [2.05, 4.69) is 0 Å². The number of aliphatic hydroxyl groups is 1. The third kappa shape index (κ3) is 2.06. The number of hydrogen-bond acceptors (Lipinski definition) is 3. The molecule has 20 heavy (non-hydrogen) atoms. The van der Waals surface area contributed by atoms with Gasteiger partial charge in [0.25, 0.3) is 0 Å². The van der Waals surface area contributed by atoms with Gasteiger partial charge in [0, 0.05) is 5.39 Å². The molecule has 0 fully saturated rings. The molecule has 1 aromatic heterocycles. The van der Waals surface area contributed by atoms with Gasteiger partial charge in [-0.25, -0.2) is 0 Å². The molecule has 0 saturated heterocycles. The molecule has 1 atom stereocenters. The molecule has 0 amide bonds. The van der Waals surface area contributed by atoms with Crippen LogP contribution < -0.4 is 4.74 Å². The van der Waals surface area contributed by atoms with Gasteiger partial charge in [0.2, 0.25) is 0 Å². The van der Waals surface area contributed by atoms with Gasteiger partial charge in [0.1, 0.15) is 23.4 Å². The summed E-state index contributed by atoms with van der Waals surface area (Å²) >= 11 is 0. The number of hydrogen-bond donors (Lipinski definition) is 1. The summed E-state index contributed by atoms with van der Waals surface area (Å²) in [4.78, 5) is 0. The van der Waals surface area contributed by atoms with Gasteiger partial charge >= 0.3 is 0 Å². The first-order valence-electron chi connectivity index (χ1n) is 6.50. The highest BCUT2D eigenvalue weighted by molar-refractivity contribution is 5.91. The van der Waals surface area contributed by atoms with Crippen molar-refractivity contribution >= 4 is 10.8 Å². The van der Waals surface area contributed by atoms with Crippen molar-refractivity contribution in [1.29, 1.82) is 0 Å². The summed E-state index contributed by atoms with van der Waals surface area (Å²) in [6.07, 6.45) is -0.778. The second-order valence-corrected chi connectivity index (χ2v) is 4.75. The van der Waals surface area contributed by atoms with Gasteiger partial charge in [-0.1, -0.05) is 30.3 Å². The van der Waals surface area contributed by atoms with E-state index in [0.29, 0.717) is 5.76 Å². The Morgan fingerprint density at radius 3 is 2.40 bits per heavy atom. The van der Waals surface area contributed by atoms with Crippen LogP contribution in [0.2, 0.25) is 0 Å². The Hall–Kier alpha value is -2.26. The lowest BCUT2D eigenvalue weighted by Crippen LogP contribution is -2.00. The standard InChI is InChI=1S/C17H16O3/c1-11-7-9-16(20-11)17(18)14-8-10-15(19-2)13-6-4-3-5-12(13)14/h3-10,17-18H,1-2H3. The van der Waals surface area contributed by atoms with Gasteiger partial charge in [-0.05, 0) is 36.1 Å². The Bertz CT molecular complexity index is 743. The smallest absolute Gasteiger partial charge is 0.137 e. The van der Waals surface area contributed by atoms with E-state index in [1.54, 1.807) is 13.2 Å². The zero-order chi connectivity index (χ0) is 14.1. The van der Waals surface area contributed by atoms with Crippen molar-refractivity contribution in [2.45, 2.75) is 13.0 Å². The molecule has 3 heteroatoms. The van der Waals surface area contributed by atoms with Crippen LogP contribution in [-0.4, -0.2) is 12.2 Å². The SMILES string of the molecule is COc1ccc(C(O)c2ccc(C)o2)c2ccccc12. The van der Waals surface area contributed by atoms with Crippen molar-refractivity contribution in [3.8, 4) is 5.75 Å². The van der Waals surface area contributed by atoms with Crippen LogP contribution in [0.4, 0.5) is 0 Å². The monoisotopic (exact) mass is 268 g/mol. The summed E-state index contributed by atoms with van der Waals surface area (Å²) in [6, 6.07) is 15.3. The molecule has 1 unspecified atom stereocenters. The van der Waals surface area contributed by atoms with Gasteiger partial charge in [-0.3, -0.25) is 0 Å². The van der Waals surface area contributed by atoms with E-state index < -0.39 is 6.10 Å². The normalized spacial score (nSPS) is 12.6. The maximum atomic E-state index is 10.5. The molecule has 0 radical (unpaired) electrons. The Morgan fingerprint density at radius 2 is 1.75 bits per heavy atom. The number of furan rings is 1. The highest BCUT2D eigenvalue weighted by Crippen LogP contribution is 2.34. The molecule has 2 aromatic carbocycles. The molecule has 0 bridgehead atoms. The first-order chi connectivity index (χ1) is 9.70. The number of aliphatic hydroxyl groups excluding tert-OH is 1. The number of aryl methyl sites for hydroxylation is 1. The highest BCUT2D eigenvalue weighted by Gasteiger charge is 2.18. The van der Waals surface area contributed by atoms with Crippen molar-refractivity contribution in [2.75, 3.05) is 7.11 Å². The topological polar surface area (TPSA) is 42.6 Å². The quantitative estimate of drug-likeness (QED) is 0.785. The first kappa shape index (κ1) is 12.8. The van der Waals surface area contributed by atoms with E-state index in [1.807, 2.05) is 49.4 Å². The van der Waals surface area contributed by atoms with E-state index in [9.17, 15) is 5.11 Å². The molecule has 0 spiro atoms. The molecule has 0 saturated carbocycles. The predicted octanol–water partition coefficient (Wildman–Crippen LogP) is 3.83. The second-order valence-electron chi connectivity index (χ2n) is 4.75. The minimum Gasteiger partial charge on any atom is -0.496 e. The maximum Gasteiger partial charge on any atom is 0.137 e. The fraction of sp³-hybridized carbons (Fsp3) is 0.176. The first-order valence-corrected chi connectivity index (χ1v) is 6.50. The molecule has 0 aliphatic heterocycles. The Labute approximate surface area is 117 Å². The average Bonchev–Trinajstić information content (AvgIpc) is 2.92. The maximum absolute atomic E-state index is 10.5. The van der Waals surface area contributed by atoms with Crippen LogP contribution in [0.3, 0.4) is 0 Å². The Kier molecular flexibility index (Phi) is 3.20. The number of benzene rings is 2. The van der Waals surface area contributed by atoms with E-state index in [4.69, 9.17) is 9.15 Å². The molecule has 3 aromatic rings. The average molecular weight is 268 g/mol. The molecule has 0 aliphatic rings. The summed E-state index contributed by atoms with van der Waals surface area (Å²) in [7, 11) is 1.65. The fourth-order valence-corrected chi connectivity index (χ4v) is 2.46. The highest BCUT2D eigenvalue weighted by atomic mass is 16.5. The third-order valence-corrected chi connectivity index (χ3v) is 3.46. The minimum absolute atomic E-state index is 0.554. The van der Waals surface area contributed by atoms with Crippen molar-refractivity contribution in [1.82, 2.24) is 0 Å². The van der Waals surface area contributed by atoms with Crippen LogP contribution in [-0.2, 0) is 0 Å². The largest absolute Gasteiger partial charge is 0.496 e. The summed E-state index contributed by atoms with van der Waals surface area (Å²) < 4.78 is 10.9. The number of ether oxygens (including phenoxy) is 1. The molecular weight excluding hydrogens is 252 g/mol. The Balaban J connectivity index is 2.17. The summed E-state index contributed by atoms with van der Waals surface area (Å²) in [6.45, 7) is 1.86. The molecule has 3 nitrogen and oxygen atoms in total. The molecule has 1 heterocycles. The molecule has 0 aliphatic carbocycles. The van der Waals surface area contributed by atoms with E-state index in [1.165, 1.54) is 0 Å². The van der Waals surface area contributed by atoms with Crippen molar-refractivity contribution in [2.24, 2.45) is 0 Å². The number of fused-ring (bicyclic) bond motifs is 1. The number of rotatable bonds is 3. The minimum atomic E-state index is -0.778. The van der Waals surface area contributed by atoms with Gasteiger partial charge < -0.3 is 14.3 Å². The lowest BCUT2D eigenvalue weighted by atomic mass is 9.98. The van der Waals surface area contributed by atoms with Gasteiger partial charge in [-0.2, -0.15) is 0 Å². The third-order valence-electron chi connectivity index (χ3n) is 3.46.